The van der Waals surface area contributed by atoms with Crippen molar-refractivity contribution in [3.8, 4) is 17.0 Å². The largest absolute Gasteiger partial charge is 0.490 e. The molecule has 2 aromatic rings. The van der Waals surface area contributed by atoms with Crippen molar-refractivity contribution < 1.29 is 27.4 Å². The summed E-state index contributed by atoms with van der Waals surface area (Å²) in [5, 5.41) is 0.223. The van der Waals surface area contributed by atoms with Crippen LogP contribution >= 0.6 is 11.6 Å². The van der Waals surface area contributed by atoms with Gasteiger partial charge in [-0.05, 0) is 44.4 Å². The second-order valence-electron chi connectivity index (χ2n) is 8.17. The number of benzene rings is 1. The molecule has 0 amide bonds. The molecule has 2 aliphatic rings. The van der Waals surface area contributed by atoms with Crippen LogP contribution in [0, 0.1) is 0 Å². The number of ether oxygens (including phenoxy) is 3. The number of hydrogen-bond donors (Lipinski definition) is 0. The number of nitrogens with zero attached hydrogens (tertiary/aromatic N) is 1. The minimum absolute atomic E-state index is 0.0492. The van der Waals surface area contributed by atoms with Crippen molar-refractivity contribution in [2.24, 2.45) is 0 Å². The number of aromatic nitrogens is 1. The van der Waals surface area contributed by atoms with Crippen LogP contribution in [0.3, 0.4) is 0 Å². The molecule has 1 saturated carbocycles. The number of sulfone groups is 1. The maximum absolute atomic E-state index is 13.3. The first-order valence-electron chi connectivity index (χ1n) is 10.3. The number of hydrogen-bond acceptors (Lipinski definition) is 7. The maximum atomic E-state index is 13.3. The molecule has 0 spiro atoms. The van der Waals surface area contributed by atoms with Crippen molar-refractivity contribution in [2.45, 2.75) is 49.5 Å². The van der Waals surface area contributed by atoms with E-state index in [1.54, 1.807) is 13.8 Å². The molecule has 1 aromatic carbocycles. The zero-order chi connectivity index (χ0) is 23.2. The van der Waals surface area contributed by atoms with Crippen LogP contribution in [0.15, 0.2) is 27.9 Å². The lowest BCUT2D eigenvalue weighted by atomic mass is 10.0. The number of pyridine rings is 1. The summed E-state index contributed by atoms with van der Waals surface area (Å²) in [6.07, 6.45) is 1.12. The second-order valence-corrected chi connectivity index (χ2v) is 10.5. The van der Waals surface area contributed by atoms with E-state index in [-0.39, 0.29) is 39.6 Å². The molecule has 4 rings (SSSR count). The summed E-state index contributed by atoms with van der Waals surface area (Å²) in [7, 11) is -2.23. The Hall–Kier alpha value is -2.36. The summed E-state index contributed by atoms with van der Waals surface area (Å²) in [5.74, 6) is -0.874. The molecule has 2 heterocycles. The molecule has 172 valence electrons. The van der Waals surface area contributed by atoms with Gasteiger partial charge in [0.1, 0.15) is 17.9 Å². The number of esters is 1. The molecule has 0 unspecified atom stereocenters. The van der Waals surface area contributed by atoms with E-state index in [9.17, 15) is 18.0 Å². The van der Waals surface area contributed by atoms with Crippen molar-refractivity contribution in [1.82, 2.24) is 4.57 Å². The fourth-order valence-corrected chi connectivity index (χ4v) is 5.59. The Morgan fingerprint density at radius 2 is 1.94 bits per heavy atom. The second kappa shape index (κ2) is 8.53. The van der Waals surface area contributed by atoms with Crippen LogP contribution in [0.4, 0.5) is 0 Å². The van der Waals surface area contributed by atoms with Gasteiger partial charge in [-0.25, -0.2) is 13.2 Å². The molecular formula is C22H24ClNO7S. The fraction of sp³-hybridized carbons (Fsp3) is 0.455. The van der Waals surface area contributed by atoms with E-state index < -0.39 is 27.5 Å². The molecule has 8 nitrogen and oxygen atoms in total. The Bertz CT molecular complexity index is 1250. The van der Waals surface area contributed by atoms with E-state index in [1.165, 1.54) is 29.9 Å². The molecule has 1 fully saturated rings. The van der Waals surface area contributed by atoms with E-state index >= 15 is 0 Å². The van der Waals surface area contributed by atoms with Crippen molar-refractivity contribution in [1.29, 1.82) is 0 Å². The number of fused-ring (bicyclic) bond motifs is 3. The van der Waals surface area contributed by atoms with Crippen molar-refractivity contribution in [3.63, 3.8) is 0 Å². The van der Waals surface area contributed by atoms with Crippen LogP contribution in [-0.2, 0) is 25.1 Å². The van der Waals surface area contributed by atoms with E-state index in [4.69, 9.17) is 25.8 Å². The minimum atomic E-state index is -3.76. The fourth-order valence-electron chi connectivity index (χ4n) is 3.81. The van der Waals surface area contributed by atoms with Gasteiger partial charge in [-0.3, -0.25) is 4.79 Å². The predicted molar refractivity (Wildman–Crippen MR) is 118 cm³/mol. The van der Waals surface area contributed by atoms with Crippen LogP contribution in [-0.4, -0.2) is 45.4 Å². The van der Waals surface area contributed by atoms with Gasteiger partial charge in [-0.1, -0.05) is 11.6 Å². The molecule has 0 N–H and O–H groups in total. The summed E-state index contributed by atoms with van der Waals surface area (Å²) >= 11 is 6.40. The zero-order valence-electron chi connectivity index (χ0n) is 18.0. The van der Waals surface area contributed by atoms with Crippen LogP contribution in [0.5, 0.6) is 5.75 Å². The third kappa shape index (κ3) is 4.16. The Kier molecular flexibility index (Phi) is 6.08. The van der Waals surface area contributed by atoms with E-state index in [2.05, 4.69) is 0 Å². The third-order valence-electron chi connectivity index (χ3n) is 5.30. The highest BCUT2D eigenvalue weighted by Gasteiger charge is 2.37. The SMILES string of the molecule is COCCOc1cc2c(cc1Cl)-c1c(cc(C(=O)OC(C)C)c(=O)n1C1CC1)CS2(=O)=O. The van der Waals surface area contributed by atoms with Gasteiger partial charge in [-0.2, -0.15) is 0 Å². The first kappa shape index (κ1) is 22.8. The highest BCUT2D eigenvalue weighted by atomic mass is 35.5. The van der Waals surface area contributed by atoms with Gasteiger partial charge in [0.2, 0.25) is 0 Å². The highest BCUT2D eigenvalue weighted by molar-refractivity contribution is 7.90. The molecular weight excluding hydrogens is 458 g/mol. The summed E-state index contributed by atoms with van der Waals surface area (Å²) in [6, 6.07) is 4.15. The number of halogens is 1. The summed E-state index contributed by atoms with van der Waals surface area (Å²) < 4.78 is 43.6. The molecule has 32 heavy (non-hydrogen) atoms. The van der Waals surface area contributed by atoms with Crippen molar-refractivity contribution >= 4 is 27.4 Å². The average molecular weight is 482 g/mol. The lowest BCUT2D eigenvalue weighted by Gasteiger charge is -2.26. The third-order valence-corrected chi connectivity index (χ3v) is 7.30. The monoisotopic (exact) mass is 481 g/mol. The smallest absolute Gasteiger partial charge is 0.344 e. The molecule has 0 atom stereocenters. The highest BCUT2D eigenvalue weighted by Crippen LogP contribution is 2.46. The van der Waals surface area contributed by atoms with Gasteiger partial charge in [0, 0.05) is 24.8 Å². The standard InChI is InChI=1S/C22H24ClNO7S/c1-12(2)31-22(26)16-8-13-11-32(27,28)19-10-18(30-7-6-29-3)17(23)9-15(19)20(13)24(21(16)25)14-4-5-14/h8-10,12,14H,4-7,11H2,1-3H3. The van der Waals surface area contributed by atoms with Crippen molar-refractivity contribution in [2.75, 3.05) is 20.3 Å². The maximum Gasteiger partial charge on any atom is 0.344 e. The van der Waals surface area contributed by atoms with Crippen LogP contribution < -0.4 is 10.3 Å². The first-order valence-corrected chi connectivity index (χ1v) is 12.3. The zero-order valence-corrected chi connectivity index (χ0v) is 19.6. The molecule has 1 aliphatic heterocycles. The van der Waals surface area contributed by atoms with Gasteiger partial charge >= 0.3 is 5.97 Å². The van der Waals surface area contributed by atoms with Gasteiger partial charge in [-0.15, -0.1) is 0 Å². The Morgan fingerprint density at radius 3 is 2.56 bits per heavy atom. The number of rotatable bonds is 7. The summed E-state index contributed by atoms with van der Waals surface area (Å²) in [4.78, 5) is 25.9. The average Bonchev–Trinajstić information content (AvgIpc) is 3.53. The van der Waals surface area contributed by atoms with Crippen molar-refractivity contribution in [3.05, 3.63) is 44.7 Å². The van der Waals surface area contributed by atoms with E-state index in [1.807, 2.05) is 0 Å². The topological polar surface area (TPSA) is 101 Å². The Labute approximate surface area is 191 Å². The van der Waals surface area contributed by atoms with E-state index in [0.717, 1.165) is 12.8 Å². The molecule has 1 aliphatic carbocycles. The predicted octanol–water partition coefficient (Wildman–Crippen LogP) is 3.38. The number of carbonyl (C=O) groups excluding carboxylic acids is 1. The minimum Gasteiger partial charge on any atom is -0.490 e. The Balaban J connectivity index is 1.92. The first-order chi connectivity index (χ1) is 15.1. The van der Waals surface area contributed by atoms with Crippen LogP contribution in [0.1, 0.15) is 48.7 Å². The van der Waals surface area contributed by atoms with Gasteiger partial charge in [0.15, 0.2) is 9.84 Å². The van der Waals surface area contributed by atoms with Gasteiger partial charge < -0.3 is 18.8 Å². The summed E-state index contributed by atoms with van der Waals surface area (Å²) in [5.41, 5.74) is 0.549. The number of carbonyl (C=O) groups is 1. The van der Waals surface area contributed by atoms with Crippen LogP contribution in [0.25, 0.3) is 11.3 Å². The normalized spacial score (nSPS) is 16.4. The Morgan fingerprint density at radius 1 is 1.22 bits per heavy atom. The summed E-state index contributed by atoms with van der Waals surface area (Å²) in [6.45, 7) is 3.90. The molecule has 0 saturated heterocycles. The lowest BCUT2D eigenvalue weighted by Crippen LogP contribution is -2.32. The molecule has 1 aromatic heterocycles. The molecule has 0 radical (unpaired) electrons. The van der Waals surface area contributed by atoms with Gasteiger partial charge in [0.05, 0.1) is 34.1 Å². The number of methoxy groups -OCH3 is 1. The quantitative estimate of drug-likeness (QED) is 0.441. The van der Waals surface area contributed by atoms with Crippen LogP contribution in [0.2, 0.25) is 5.02 Å². The lowest BCUT2D eigenvalue weighted by molar-refractivity contribution is 0.0375. The molecule has 0 bridgehead atoms. The van der Waals surface area contributed by atoms with Gasteiger partial charge in [0.25, 0.3) is 5.56 Å². The molecule has 10 heteroatoms. The van der Waals surface area contributed by atoms with E-state index in [0.29, 0.717) is 23.4 Å².